The van der Waals surface area contributed by atoms with Crippen LogP contribution >= 0.6 is 23.1 Å². The lowest BCUT2D eigenvalue weighted by Gasteiger charge is -2.32. The number of anilines is 1. The van der Waals surface area contributed by atoms with Gasteiger partial charge in [-0.3, -0.25) is 9.69 Å². The second kappa shape index (κ2) is 10.5. The minimum atomic E-state index is 0.00653. The number of piperidine rings is 1. The predicted molar refractivity (Wildman–Crippen MR) is 119 cm³/mol. The van der Waals surface area contributed by atoms with Crippen molar-refractivity contribution in [3.8, 4) is 0 Å². The van der Waals surface area contributed by atoms with Crippen LogP contribution in [0.4, 0.5) is 5.13 Å². The van der Waals surface area contributed by atoms with Crippen LogP contribution in [-0.4, -0.2) is 72.6 Å². The van der Waals surface area contributed by atoms with Crippen LogP contribution in [0.1, 0.15) is 24.2 Å². The fraction of sp³-hybridized carbons (Fsp3) is 0.571. The van der Waals surface area contributed by atoms with Gasteiger partial charge in [-0.05, 0) is 30.5 Å². The largest absolute Gasteiger partial charge is 0.379 e. The van der Waals surface area contributed by atoms with E-state index in [1.807, 2.05) is 24.3 Å². The van der Waals surface area contributed by atoms with Crippen molar-refractivity contribution in [3.05, 3.63) is 40.7 Å². The maximum absolute atomic E-state index is 12.7. The van der Waals surface area contributed by atoms with E-state index in [9.17, 15) is 4.79 Å². The third kappa shape index (κ3) is 5.91. The SMILES string of the molecule is O=C(NCCN1CCOCC1)C1CCCN(c2nc(Cc3ccc(Cl)cc3)ns2)C1. The maximum Gasteiger partial charge on any atom is 0.224 e. The lowest BCUT2D eigenvalue weighted by Crippen LogP contribution is -2.46. The van der Waals surface area contributed by atoms with Crippen LogP contribution in [0.15, 0.2) is 24.3 Å². The topological polar surface area (TPSA) is 70.6 Å². The molecule has 2 aliphatic heterocycles. The molecule has 7 nitrogen and oxygen atoms in total. The first-order valence-corrected chi connectivity index (χ1v) is 11.7. The number of nitrogens with one attached hydrogen (secondary N) is 1. The molecule has 1 unspecified atom stereocenters. The van der Waals surface area contributed by atoms with Gasteiger partial charge in [0.15, 0.2) is 0 Å². The number of halogens is 1. The zero-order valence-corrected chi connectivity index (χ0v) is 18.6. The number of morpholine rings is 1. The summed E-state index contributed by atoms with van der Waals surface area (Å²) in [5.41, 5.74) is 1.14. The molecule has 4 rings (SSSR count). The third-order valence-electron chi connectivity index (χ3n) is 5.63. The number of carbonyl (C=O) groups is 1. The minimum Gasteiger partial charge on any atom is -0.379 e. The highest BCUT2D eigenvalue weighted by Gasteiger charge is 2.27. The molecule has 0 aliphatic carbocycles. The second-order valence-corrected chi connectivity index (χ2v) is 8.99. The Morgan fingerprint density at radius 2 is 2.03 bits per heavy atom. The van der Waals surface area contributed by atoms with Gasteiger partial charge >= 0.3 is 0 Å². The molecule has 2 saturated heterocycles. The molecule has 1 N–H and O–H groups in total. The number of amides is 1. The molecule has 162 valence electrons. The zero-order valence-electron chi connectivity index (χ0n) is 17.1. The fourth-order valence-electron chi connectivity index (χ4n) is 3.90. The molecule has 0 spiro atoms. The van der Waals surface area contributed by atoms with Gasteiger partial charge in [0, 0.05) is 62.2 Å². The molecule has 30 heavy (non-hydrogen) atoms. The number of ether oxygens (including phenoxy) is 1. The first kappa shape index (κ1) is 21.5. The smallest absolute Gasteiger partial charge is 0.224 e. The number of hydrogen-bond acceptors (Lipinski definition) is 7. The van der Waals surface area contributed by atoms with Gasteiger partial charge in [0.1, 0.15) is 5.82 Å². The standard InChI is InChI=1S/C21H28ClN5O2S/c22-18-5-3-16(4-6-18)14-19-24-21(30-25-19)27-8-1-2-17(15-27)20(28)23-7-9-26-10-12-29-13-11-26/h3-6,17H,1-2,7-15H2,(H,23,28). The summed E-state index contributed by atoms with van der Waals surface area (Å²) in [7, 11) is 0. The summed E-state index contributed by atoms with van der Waals surface area (Å²) in [5, 5.41) is 4.76. The number of rotatable bonds is 7. The van der Waals surface area contributed by atoms with Crippen molar-refractivity contribution in [1.29, 1.82) is 0 Å². The molecule has 0 bridgehead atoms. The third-order valence-corrected chi connectivity index (χ3v) is 6.69. The van der Waals surface area contributed by atoms with Crippen molar-refractivity contribution in [1.82, 2.24) is 19.6 Å². The van der Waals surface area contributed by atoms with Gasteiger partial charge < -0.3 is 15.0 Å². The van der Waals surface area contributed by atoms with Crippen molar-refractivity contribution in [2.45, 2.75) is 19.3 Å². The molecule has 9 heteroatoms. The lowest BCUT2D eigenvalue weighted by atomic mass is 9.97. The maximum atomic E-state index is 12.7. The van der Waals surface area contributed by atoms with Crippen LogP contribution < -0.4 is 10.2 Å². The summed E-state index contributed by atoms with van der Waals surface area (Å²) in [6, 6.07) is 7.77. The molecular weight excluding hydrogens is 422 g/mol. The number of carbonyl (C=O) groups excluding carboxylic acids is 1. The average Bonchev–Trinajstić information content (AvgIpc) is 3.25. The Balaban J connectivity index is 1.26. The fourth-order valence-corrected chi connectivity index (χ4v) is 4.75. The van der Waals surface area contributed by atoms with Crippen LogP contribution in [0.3, 0.4) is 0 Å². The van der Waals surface area contributed by atoms with Crippen molar-refractivity contribution >= 4 is 34.2 Å². The van der Waals surface area contributed by atoms with Gasteiger partial charge in [0.05, 0.1) is 19.1 Å². The van der Waals surface area contributed by atoms with Crippen molar-refractivity contribution in [3.63, 3.8) is 0 Å². The van der Waals surface area contributed by atoms with E-state index in [-0.39, 0.29) is 11.8 Å². The molecule has 1 amide bonds. The quantitative estimate of drug-likeness (QED) is 0.700. The molecule has 1 aromatic carbocycles. The summed E-state index contributed by atoms with van der Waals surface area (Å²) in [5.74, 6) is 0.973. The molecule has 3 heterocycles. The number of aromatic nitrogens is 2. The molecule has 2 aromatic rings. The van der Waals surface area contributed by atoms with E-state index in [0.717, 1.165) is 73.8 Å². The van der Waals surface area contributed by atoms with Crippen LogP contribution in [0, 0.1) is 5.92 Å². The summed E-state index contributed by atoms with van der Waals surface area (Å²) in [6.45, 7) is 6.67. The Morgan fingerprint density at radius 3 is 2.83 bits per heavy atom. The Bertz CT molecular complexity index is 825. The Kier molecular flexibility index (Phi) is 7.54. The second-order valence-electron chi connectivity index (χ2n) is 7.83. The summed E-state index contributed by atoms with van der Waals surface area (Å²) < 4.78 is 9.89. The van der Waals surface area contributed by atoms with Crippen molar-refractivity contribution < 1.29 is 9.53 Å². The van der Waals surface area contributed by atoms with Crippen LogP contribution in [-0.2, 0) is 16.0 Å². The Hall–Kier alpha value is -1.74. The van der Waals surface area contributed by atoms with Gasteiger partial charge in [0.25, 0.3) is 0 Å². The normalized spacial score (nSPS) is 20.3. The van der Waals surface area contributed by atoms with E-state index in [2.05, 4.69) is 19.5 Å². The van der Waals surface area contributed by atoms with Gasteiger partial charge in [-0.2, -0.15) is 4.37 Å². The van der Waals surface area contributed by atoms with E-state index in [0.29, 0.717) is 19.5 Å². The van der Waals surface area contributed by atoms with Gasteiger partial charge in [-0.15, -0.1) is 0 Å². The van der Waals surface area contributed by atoms with Crippen molar-refractivity contribution in [2.75, 3.05) is 57.4 Å². The minimum absolute atomic E-state index is 0.00653. The van der Waals surface area contributed by atoms with Crippen LogP contribution in [0.5, 0.6) is 0 Å². The highest BCUT2D eigenvalue weighted by atomic mass is 35.5. The first-order valence-electron chi connectivity index (χ1n) is 10.6. The highest BCUT2D eigenvalue weighted by Crippen LogP contribution is 2.25. The Labute approximate surface area is 186 Å². The monoisotopic (exact) mass is 449 g/mol. The molecule has 2 aliphatic rings. The van der Waals surface area contributed by atoms with Gasteiger partial charge in [-0.1, -0.05) is 23.7 Å². The van der Waals surface area contributed by atoms with E-state index in [1.54, 1.807) is 0 Å². The summed E-state index contributed by atoms with van der Waals surface area (Å²) in [4.78, 5) is 21.9. The summed E-state index contributed by atoms with van der Waals surface area (Å²) in [6.07, 6.45) is 2.61. The first-order chi connectivity index (χ1) is 14.7. The summed E-state index contributed by atoms with van der Waals surface area (Å²) >= 11 is 7.37. The lowest BCUT2D eigenvalue weighted by molar-refractivity contribution is -0.125. The zero-order chi connectivity index (χ0) is 20.8. The molecule has 0 saturated carbocycles. The highest BCUT2D eigenvalue weighted by molar-refractivity contribution is 7.09. The van der Waals surface area contributed by atoms with Crippen molar-refractivity contribution in [2.24, 2.45) is 5.92 Å². The van der Waals surface area contributed by atoms with Crippen LogP contribution in [0.25, 0.3) is 0 Å². The van der Waals surface area contributed by atoms with Gasteiger partial charge in [0.2, 0.25) is 11.0 Å². The van der Waals surface area contributed by atoms with Gasteiger partial charge in [-0.25, -0.2) is 4.98 Å². The van der Waals surface area contributed by atoms with E-state index in [1.165, 1.54) is 11.5 Å². The van der Waals surface area contributed by atoms with E-state index < -0.39 is 0 Å². The number of nitrogens with zero attached hydrogens (tertiary/aromatic N) is 4. The number of hydrogen-bond donors (Lipinski definition) is 1. The molecule has 1 aromatic heterocycles. The van der Waals surface area contributed by atoms with E-state index >= 15 is 0 Å². The average molecular weight is 450 g/mol. The predicted octanol–water partition coefficient (Wildman–Crippen LogP) is 2.45. The molecular formula is C21H28ClN5O2S. The Morgan fingerprint density at radius 1 is 1.23 bits per heavy atom. The molecule has 2 fully saturated rings. The van der Waals surface area contributed by atoms with Crippen LogP contribution in [0.2, 0.25) is 5.02 Å². The number of benzene rings is 1. The molecule has 0 radical (unpaired) electrons. The molecule has 1 atom stereocenters. The van der Waals surface area contributed by atoms with E-state index in [4.69, 9.17) is 21.3 Å².